The Morgan fingerprint density at radius 2 is 2.00 bits per heavy atom. The summed E-state index contributed by atoms with van der Waals surface area (Å²) in [6.45, 7) is 1.45. The molecule has 0 saturated heterocycles. The van der Waals surface area contributed by atoms with E-state index < -0.39 is 9.84 Å². The minimum absolute atomic E-state index is 0.0380. The lowest BCUT2D eigenvalue weighted by Gasteiger charge is -2.11. The maximum atomic E-state index is 11.5. The fraction of sp³-hybridized carbons (Fsp3) is 0.364. The first kappa shape index (κ1) is 12.7. The topological polar surface area (TPSA) is 60.4 Å². The molecule has 0 aromatic heterocycles. The number of para-hydroxylation sites is 1. The van der Waals surface area contributed by atoms with E-state index in [4.69, 9.17) is 4.74 Å². The maximum absolute atomic E-state index is 11.5. The number of hydrogen-bond donors (Lipinski definition) is 0. The number of ketones is 1. The van der Waals surface area contributed by atoms with E-state index in [9.17, 15) is 13.2 Å². The molecule has 0 aliphatic heterocycles. The molecule has 0 radical (unpaired) electrons. The van der Waals surface area contributed by atoms with Crippen LogP contribution in [0.15, 0.2) is 23.1 Å². The number of rotatable bonds is 4. The molecule has 5 heteroatoms. The quantitative estimate of drug-likeness (QED) is 0.796. The Balaban J connectivity index is 3.38. The van der Waals surface area contributed by atoms with Crippen LogP contribution in [0.2, 0.25) is 0 Å². The van der Waals surface area contributed by atoms with Gasteiger partial charge in [0.15, 0.2) is 9.84 Å². The third-order valence-corrected chi connectivity index (χ3v) is 3.22. The maximum Gasteiger partial charge on any atom is 0.179 e. The molecule has 16 heavy (non-hydrogen) atoms. The average Bonchev–Trinajstić information content (AvgIpc) is 2.15. The summed E-state index contributed by atoms with van der Waals surface area (Å²) < 4.78 is 28.0. The van der Waals surface area contributed by atoms with E-state index in [1.807, 2.05) is 0 Å². The molecule has 4 nitrogen and oxygen atoms in total. The van der Waals surface area contributed by atoms with Crippen LogP contribution >= 0.6 is 0 Å². The van der Waals surface area contributed by atoms with E-state index in [0.717, 1.165) is 6.26 Å². The normalized spacial score (nSPS) is 11.2. The Kier molecular flexibility index (Phi) is 3.70. The van der Waals surface area contributed by atoms with Gasteiger partial charge in [0, 0.05) is 18.2 Å². The van der Waals surface area contributed by atoms with Gasteiger partial charge in [-0.25, -0.2) is 8.42 Å². The van der Waals surface area contributed by atoms with Gasteiger partial charge < -0.3 is 4.74 Å². The number of carbonyl (C=O) groups is 1. The van der Waals surface area contributed by atoms with Crippen molar-refractivity contribution in [3.63, 3.8) is 0 Å². The third kappa shape index (κ3) is 2.82. The first-order chi connectivity index (χ1) is 7.36. The van der Waals surface area contributed by atoms with E-state index in [-0.39, 0.29) is 22.8 Å². The van der Waals surface area contributed by atoms with E-state index in [1.54, 1.807) is 12.1 Å². The van der Waals surface area contributed by atoms with Gasteiger partial charge in [-0.1, -0.05) is 12.1 Å². The van der Waals surface area contributed by atoms with Gasteiger partial charge in [-0.05, 0) is 13.0 Å². The molecular weight excluding hydrogens is 228 g/mol. The van der Waals surface area contributed by atoms with Crippen molar-refractivity contribution < 1.29 is 17.9 Å². The van der Waals surface area contributed by atoms with Crippen LogP contribution in [-0.2, 0) is 21.1 Å². The molecule has 0 aliphatic rings. The Hall–Kier alpha value is -1.36. The number of sulfone groups is 1. The van der Waals surface area contributed by atoms with Crippen LogP contribution in [0.25, 0.3) is 0 Å². The number of benzene rings is 1. The summed E-state index contributed by atoms with van der Waals surface area (Å²) in [5, 5.41) is 0. The van der Waals surface area contributed by atoms with Crippen molar-refractivity contribution in [1.29, 1.82) is 0 Å². The molecule has 0 heterocycles. The molecule has 0 bridgehead atoms. The molecule has 0 N–H and O–H groups in total. The summed E-state index contributed by atoms with van der Waals surface area (Å²) in [7, 11) is -1.94. The predicted molar refractivity (Wildman–Crippen MR) is 60.5 cm³/mol. The van der Waals surface area contributed by atoms with E-state index in [0.29, 0.717) is 5.56 Å². The van der Waals surface area contributed by atoms with Gasteiger partial charge in [-0.15, -0.1) is 0 Å². The Labute approximate surface area is 95.2 Å². The lowest BCUT2D eigenvalue weighted by Crippen LogP contribution is -2.05. The van der Waals surface area contributed by atoms with Crippen molar-refractivity contribution in [3.05, 3.63) is 23.8 Å². The molecule has 1 aromatic carbocycles. The monoisotopic (exact) mass is 242 g/mol. The van der Waals surface area contributed by atoms with E-state index in [1.165, 1.54) is 20.1 Å². The second kappa shape index (κ2) is 4.65. The van der Waals surface area contributed by atoms with Crippen molar-refractivity contribution in [3.8, 4) is 5.75 Å². The van der Waals surface area contributed by atoms with Crippen LogP contribution in [0.3, 0.4) is 0 Å². The second-order valence-electron chi connectivity index (χ2n) is 3.60. The van der Waals surface area contributed by atoms with E-state index >= 15 is 0 Å². The molecule has 0 aliphatic carbocycles. The van der Waals surface area contributed by atoms with Crippen LogP contribution in [0.1, 0.15) is 12.5 Å². The fourth-order valence-corrected chi connectivity index (χ4v) is 2.37. The smallest absolute Gasteiger partial charge is 0.179 e. The molecule has 0 amide bonds. The van der Waals surface area contributed by atoms with Gasteiger partial charge in [0.2, 0.25) is 0 Å². The Morgan fingerprint density at radius 3 is 2.44 bits per heavy atom. The highest BCUT2D eigenvalue weighted by atomic mass is 32.2. The number of methoxy groups -OCH3 is 1. The summed E-state index contributed by atoms with van der Waals surface area (Å²) >= 11 is 0. The number of Topliss-reactive ketones (excluding diaryl/α,β-unsaturated/α-hetero) is 1. The highest BCUT2D eigenvalue weighted by Gasteiger charge is 2.17. The van der Waals surface area contributed by atoms with Gasteiger partial charge in [-0.3, -0.25) is 4.79 Å². The predicted octanol–water partition coefficient (Wildman–Crippen LogP) is 1.23. The standard InChI is InChI=1S/C11H14O4S/c1-8(12)7-9-5-4-6-10(11(9)15-2)16(3,13)14/h4-6H,7H2,1-3H3. The van der Waals surface area contributed by atoms with Gasteiger partial charge in [-0.2, -0.15) is 0 Å². The zero-order valence-corrected chi connectivity index (χ0v) is 10.3. The van der Waals surface area contributed by atoms with Gasteiger partial charge in [0.25, 0.3) is 0 Å². The van der Waals surface area contributed by atoms with Crippen LogP contribution in [0.5, 0.6) is 5.75 Å². The summed E-state index contributed by atoms with van der Waals surface area (Å²) in [4.78, 5) is 11.2. The SMILES string of the molecule is COc1c(CC(C)=O)cccc1S(C)(=O)=O. The summed E-state index contributed by atoms with van der Waals surface area (Å²) in [5.41, 5.74) is 0.595. The first-order valence-corrected chi connectivity index (χ1v) is 6.60. The van der Waals surface area contributed by atoms with E-state index in [2.05, 4.69) is 0 Å². The van der Waals surface area contributed by atoms with Crippen LogP contribution in [-0.4, -0.2) is 27.6 Å². The molecule has 0 atom stereocenters. The number of ether oxygens (including phenoxy) is 1. The summed E-state index contributed by atoms with van der Waals surface area (Å²) in [6.07, 6.45) is 1.29. The number of carbonyl (C=O) groups excluding carboxylic acids is 1. The van der Waals surface area contributed by atoms with Gasteiger partial charge in [0.1, 0.15) is 16.4 Å². The second-order valence-corrected chi connectivity index (χ2v) is 5.58. The lowest BCUT2D eigenvalue weighted by atomic mass is 10.1. The van der Waals surface area contributed by atoms with Gasteiger partial charge >= 0.3 is 0 Å². The highest BCUT2D eigenvalue weighted by Crippen LogP contribution is 2.28. The molecule has 88 valence electrons. The van der Waals surface area contributed by atoms with Crippen LogP contribution in [0, 0.1) is 0 Å². The van der Waals surface area contributed by atoms with Crippen molar-refractivity contribution in [2.45, 2.75) is 18.2 Å². The van der Waals surface area contributed by atoms with Crippen molar-refractivity contribution >= 4 is 15.6 Å². The highest BCUT2D eigenvalue weighted by molar-refractivity contribution is 7.90. The van der Waals surface area contributed by atoms with Gasteiger partial charge in [0.05, 0.1) is 7.11 Å². The van der Waals surface area contributed by atoms with Crippen molar-refractivity contribution in [2.24, 2.45) is 0 Å². The van der Waals surface area contributed by atoms with Crippen molar-refractivity contribution in [1.82, 2.24) is 0 Å². The fourth-order valence-electron chi connectivity index (χ4n) is 1.49. The zero-order chi connectivity index (χ0) is 12.3. The zero-order valence-electron chi connectivity index (χ0n) is 9.48. The molecule has 1 aromatic rings. The molecule has 0 saturated carbocycles. The third-order valence-electron chi connectivity index (χ3n) is 2.10. The van der Waals surface area contributed by atoms with Crippen LogP contribution < -0.4 is 4.74 Å². The molecule has 0 unspecified atom stereocenters. The Bertz CT molecular complexity index is 503. The van der Waals surface area contributed by atoms with Crippen molar-refractivity contribution in [2.75, 3.05) is 13.4 Å². The minimum atomic E-state index is -3.34. The first-order valence-electron chi connectivity index (χ1n) is 4.71. The number of hydrogen-bond acceptors (Lipinski definition) is 4. The minimum Gasteiger partial charge on any atom is -0.495 e. The van der Waals surface area contributed by atoms with Crippen LogP contribution in [0.4, 0.5) is 0 Å². The summed E-state index contributed by atoms with van der Waals surface area (Å²) in [5.74, 6) is 0.226. The molecule has 1 rings (SSSR count). The summed E-state index contributed by atoms with van der Waals surface area (Å²) in [6, 6.07) is 4.77. The average molecular weight is 242 g/mol. The Morgan fingerprint density at radius 1 is 1.38 bits per heavy atom. The molecular formula is C11H14O4S. The molecule has 0 fully saturated rings. The molecule has 0 spiro atoms. The lowest BCUT2D eigenvalue weighted by molar-refractivity contribution is -0.116. The largest absolute Gasteiger partial charge is 0.495 e.